The number of fused-ring (bicyclic) bond motifs is 1. The van der Waals surface area contributed by atoms with E-state index in [1.54, 1.807) is 0 Å². The summed E-state index contributed by atoms with van der Waals surface area (Å²) in [5.41, 5.74) is 5.64. The molecule has 1 fully saturated rings. The predicted molar refractivity (Wildman–Crippen MR) is 102 cm³/mol. The van der Waals surface area contributed by atoms with E-state index in [0.29, 0.717) is 24.5 Å². The third-order valence-corrected chi connectivity index (χ3v) is 6.50. The van der Waals surface area contributed by atoms with Crippen LogP contribution < -0.4 is 0 Å². The highest BCUT2D eigenvalue weighted by atomic mass is 32.2. The van der Waals surface area contributed by atoms with E-state index in [9.17, 15) is 4.79 Å². The van der Waals surface area contributed by atoms with Crippen molar-refractivity contribution < 1.29 is 4.79 Å². The lowest BCUT2D eigenvalue weighted by molar-refractivity contribution is -0.119. The molecule has 0 spiro atoms. The molecule has 0 aromatic heterocycles. The number of Topliss-reactive ketones (excluding diaryl/α,β-unsaturated/α-hetero) is 1. The molecule has 4 heteroatoms. The normalized spacial score (nSPS) is 17.6. The van der Waals surface area contributed by atoms with Gasteiger partial charge in [-0.1, -0.05) is 24.4 Å². The SMILES string of the molecule is Cc1cc2c(cc1C)CC(CC(=O)CCC(=S)N1CCSC1)C2. The van der Waals surface area contributed by atoms with E-state index in [-0.39, 0.29) is 0 Å². The Kier molecular flexibility index (Phi) is 5.42. The standard InChI is InChI=1S/C19H25NOS2/c1-13-7-16-9-15(10-17(16)8-14(13)2)11-18(21)3-4-19(22)20-5-6-23-12-20/h7-8,15H,3-6,9-12H2,1-2H3. The van der Waals surface area contributed by atoms with E-state index in [1.807, 2.05) is 11.8 Å². The molecule has 0 amide bonds. The van der Waals surface area contributed by atoms with Gasteiger partial charge in [0.15, 0.2) is 0 Å². The predicted octanol–water partition coefficient (Wildman–Crippen LogP) is 4.09. The molecular weight excluding hydrogens is 322 g/mol. The molecule has 0 unspecified atom stereocenters. The van der Waals surface area contributed by atoms with Gasteiger partial charge >= 0.3 is 0 Å². The quantitative estimate of drug-likeness (QED) is 0.747. The number of carbonyl (C=O) groups is 1. The Morgan fingerprint density at radius 3 is 2.43 bits per heavy atom. The second-order valence-electron chi connectivity index (χ2n) is 6.92. The minimum Gasteiger partial charge on any atom is -0.356 e. The van der Waals surface area contributed by atoms with Gasteiger partial charge in [0.1, 0.15) is 5.78 Å². The summed E-state index contributed by atoms with van der Waals surface area (Å²) >= 11 is 7.38. The molecule has 0 N–H and O–H groups in total. The van der Waals surface area contributed by atoms with Gasteiger partial charge in [0.25, 0.3) is 0 Å². The lowest BCUT2D eigenvalue weighted by atomic mass is 9.97. The van der Waals surface area contributed by atoms with Crippen LogP contribution in [0.1, 0.15) is 41.5 Å². The minimum atomic E-state index is 0.380. The number of rotatable bonds is 5. The molecule has 3 rings (SSSR count). The molecular formula is C19H25NOS2. The number of carbonyl (C=O) groups excluding carboxylic acids is 1. The van der Waals surface area contributed by atoms with E-state index >= 15 is 0 Å². The summed E-state index contributed by atoms with van der Waals surface area (Å²) in [5.74, 6) is 3.04. The van der Waals surface area contributed by atoms with Crippen molar-refractivity contribution in [1.29, 1.82) is 0 Å². The molecule has 1 aromatic rings. The molecule has 0 atom stereocenters. The maximum absolute atomic E-state index is 12.3. The first-order valence-corrected chi connectivity index (χ1v) is 10.1. The van der Waals surface area contributed by atoms with Crippen molar-refractivity contribution in [2.75, 3.05) is 18.2 Å². The van der Waals surface area contributed by atoms with Crippen LogP contribution in [0.2, 0.25) is 0 Å². The number of hydrogen-bond acceptors (Lipinski definition) is 3. The zero-order valence-corrected chi connectivity index (χ0v) is 15.7. The Morgan fingerprint density at radius 2 is 1.87 bits per heavy atom. The molecule has 23 heavy (non-hydrogen) atoms. The number of benzene rings is 1. The van der Waals surface area contributed by atoms with Crippen LogP contribution >= 0.6 is 24.0 Å². The summed E-state index contributed by atoms with van der Waals surface area (Å²) < 4.78 is 0. The van der Waals surface area contributed by atoms with Gasteiger partial charge in [-0.05, 0) is 54.9 Å². The fourth-order valence-corrected chi connectivity index (χ4v) is 4.92. The van der Waals surface area contributed by atoms with Crippen LogP contribution in [0, 0.1) is 19.8 Å². The molecule has 0 bridgehead atoms. The van der Waals surface area contributed by atoms with Crippen LogP contribution in [-0.2, 0) is 17.6 Å². The summed E-state index contributed by atoms with van der Waals surface area (Å²) in [6.45, 7) is 5.39. The molecule has 0 radical (unpaired) electrons. The molecule has 1 aromatic carbocycles. The van der Waals surface area contributed by atoms with E-state index < -0.39 is 0 Å². The highest BCUT2D eigenvalue weighted by Gasteiger charge is 2.24. The van der Waals surface area contributed by atoms with Gasteiger partial charge in [-0.2, -0.15) is 0 Å². The summed E-state index contributed by atoms with van der Waals surface area (Å²) in [4.78, 5) is 15.5. The molecule has 0 saturated carbocycles. The molecule has 1 heterocycles. The van der Waals surface area contributed by atoms with Crippen LogP contribution in [0.5, 0.6) is 0 Å². The zero-order valence-electron chi connectivity index (χ0n) is 14.1. The van der Waals surface area contributed by atoms with Crippen LogP contribution in [0.4, 0.5) is 0 Å². The number of ketones is 1. The Labute approximate surface area is 149 Å². The van der Waals surface area contributed by atoms with Crippen molar-refractivity contribution in [3.63, 3.8) is 0 Å². The topological polar surface area (TPSA) is 20.3 Å². The Morgan fingerprint density at radius 1 is 1.22 bits per heavy atom. The van der Waals surface area contributed by atoms with Crippen molar-refractivity contribution in [3.8, 4) is 0 Å². The zero-order chi connectivity index (χ0) is 16.4. The Balaban J connectivity index is 1.47. The highest BCUT2D eigenvalue weighted by molar-refractivity contribution is 7.99. The van der Waals surface area contributed by atoms with Gasteiger partial charge in [0.05, 0.1) is 10.9 Å². The van der Waals surface area contributed by atoms with Crippen molar-refractivity contribution >= 4 is 34.8 Å². The third kappa shape index (κ3) is 4.16. The summed E-state index contributed by atoms with van der Waals surface area (Å²) in [5, 5.41) is 0. The van der Waals surface area contributed by atoms with Crippen LogP contribution in [0.3, 0.4) is 0 Å². The smallest absolute Gasteiger partial charge is 0.133 e. The fraction of sp³-hybridized carbons (Fsp3) is 0.579. The highest BCUT2D eigenvalue weighted by Crippen LogP contribution is 2.31. The average Bonchev–Trinajstić information content (AvgIpc) is 3.15. The third-order valence-electron chi connectivity index (χ3n) is 5.07. The van der Waals surface area contributed by atoms with Crippen LogP contribution in [-0.4, -0.2) is 33.8 Å². The lowest BCUT2D eigenvalue weighted by Crippen LogP contribution is -2.26. The molecule has 124 valence electrons. The van der Waals surface area contributed by atoms with Gasteiger partial charge in [-0.3, -0.25) is 4.79 Å². The maximum atomic E-state index is 12.3. The van der Waals surface area contributed by atoms with Crippen molar-refractivity contribution in [2.45, 2.75) is 46.0 Å². The maximum Gasteiger partial charge on any atom is 0.133 e. The van der Waals surface area contributed by atoms with E-state index in [4.69, 9.17) is 12.2 Å². The van der Waals surface area contributed by atoms with Gasteiger partial charge < -0.3 is 4.90 Å². The first kappa shape index (κ1) is 17.0. The summed E-state index contributed by atoms with van der Waals surface area (Å²) in [7, 11) is 0. The average molecular weight is 348 g/mol. The largest absolute Gasteiger partial charge is 0.356 e. The molecule has 2 nitrogen and oxygen atoms in total. The van der Waals surface area contributed by atoms with Gasteiger partial charge in [-0.15, -0.1) is 11.8 Å². The van der Waals surface area contributed by atoms with E-state index in [1.165, 1.54) is 22.3 Å². The molecule has 1 aliphatic heterocycles. The van der Waals surface area contributed by atoms with Gasteiger partial charge in [-0.25, -0.2) is 0 Å². The number of thiocarbonyl (C=S) groups is 1. The number of nitrogens with zero attached hydrogens (tertiary/aromatic N) is 1. The monoisotopic (exact) mass is 347 g/mol. The molecule has 2 aliphatic rings. The number of hydrogen-bond donors (Lipinski definition) is 0. The number of aryl methyl sites for hydroxylation is 2. The molecule has 1 saturated heterocycles. The van der Waals surface area contributed by atoms with E-state index in [0.717, 1.165) is 42.4 Å². The summed E-state index contributed by atoms with van der Waals surface area (Å²) in [6.07, 6.45) is 4.21. The van der Waals surface area contributed by atoms with Crippen molar-refractivity contribution in [3.05, 3.63) is 34.4 Å². The molecule has 1 aliphatic carbocycles. The Hall–Kier alpha value is -0.870. The van der Waals surface area contributed by atoms with Crippen LogP contribution in [0.15, 0.2) is 12.1 Å². The van der Waals surface area contributed by atoms with Crippen molar-refractivity contribution in [1.82, 2.24) is 4.90 Å². The van der Waals surface area contributed by atoms with E-state index in [2.05, 4.69) is 30.9 Å². The van der Waals surface area contributed by atoms with Gasteiger partial charge in [0.2, 0.25) is 0 Å². The summed E-state index contributed by atoms with van der Waals surface area (Å²) in [6, 6.07) is 4.63. The lowest BCUT2D eigenvalue weighted by Gasteiger charge is -2.17. The first-order chi connectivity index (χ1) is 11.0. The number of thioether (sulfide) groups is 1. The second kappa shape index (κ2) is 7.35. The van der Waals surface area contributed by atoms with Crippen LogP contribution in [0.25, 0.3) is 0 Å². The Bertz CT molecular complexity index is 589. The van der Waals surface area contributed by atoms with Gasteiger partial charge in [0, 0.05) is 31.6 Å². The first-order valence-electron chi connectivity index (χ1n) is 8.49. The van der Waals surface area contributed by atoms with Crippen molar-refractivity contribution in [2.24, 2.45) is 5.92 Å². The second-order valence-corrected chi connectivity index (χ2v) is 8.46. The fourth-order valence-electron chi connectivity index (χ4n) is 3.59. The minimum absolute atomic E-state index is 0.380.